The van der Waals surface area contributed by atoms with E-state index in [-0.39, 0.29) is 22.5 Å². The third-order valence-corrected chi connectivity index (χ3v) is 8.09. The fourth-order valence-corrected chi connectivity index (χ4v) is 6.66. The molecule has 0 bridgehead atoms. The standard InChI is InChI=1S/C25H24ClF3N4O2S/c1-3-19(34)31-8-9-32(14(2)13-31)23-16-12-18(26)20(15-6-4-5-7-17(15)25(27,28)29)22-21(16)33(10-11-36-22)24(35)30-23/h3-7,12,14,24,35H,1,8-11,13H2,2H3/t14-,24?/m0/s1. The molecule has 6 nitrogen and oxygen atoms in total. The molecule has 5 rings (SSSR count). The first kappa shape index (κ1) is 25.0. The van der Waals surface area contributed by atoms with E-state index in [9.17, 15) is 23.1 Å². The molecule has 2 aromatic carbocycles. The van der Waals surface area contributed by atoms with Crippen LogP contribution in [0.2, 0.25) is 5.02 Å². The van der Waals surface area contributed by atoms with E-state index in [1.165, 1.54) is 30.0 Å². The van der Waals surface area contributed by atoms with E-state index in [4.69, 9.17) is 11.6 Å². The lowest BCUT2D eigenvalue weighted by Gasteiger charge is -2.45. The first-order valence-corrected chi connectivity index (χ1v) is 12.8. The van der Waals surface area contributed by atoms with Gasteiger partial charge in [0.05, 0.1) is 16.3 Å². The number of halogens is 4. The number of amidine groups is 1. The topological polar surface area (TPSA) is 59.4 Å². The molecule has 3 aliphatic heterocycles. The van der Waals surface area contributed by atoms with Crippen molar-refractivity contribution in [3.8, 4) is 11.1 Å². The van der Waals surface area contributed by atoms with Gasteiger partial charge in [-0.25, -0.2) is 4.99 Å². The van der Waals surface area contributed by atoms with Crippen molar-refractivity contribution in [3.05, 3.63) is 59.1 Å². The van der Waals surface area contributed by atoms with Crippen LogP contribution in [-0.4, -0.2) is 71.0 Å². The van der Waals surface area contributed by atoms with E-state index in [1.807, 2.05) is 11.8 Å². The Morgan fingerprint density at radius 2 is 1.97 bits per heavy atom. The van der Waals surface area contributed by atoms with Crippen molar-refractivity contribution >= 4 is 40.8 Å². The minimum atomic E-state index is -4.55. The van der Waals surface area contributed by atoms with E-state index in [2.05, 4.69) is 11.6 Å². The van der Waals surface area contributed by atoms with Crippen LogP contribution in [0.25, 0.3) is 11.1 Å². The third-order valence-electron chi connectivity index (χ3n) is 6.72. The Bertz CT molecular complexity index is 1270. The number of carbonyl (C=O) groups excluding carboxylic acids is 1. The lowest BCUT2D eigenvalue weighted by molar-refractivity contribution is -0.137. The summed E-state index contributed by atoms with van der Waals surface area (Å²) in [5.41, 5.74) is 0.849. The van der Waals surface area contributed by atoms with Crippen LogP contribution < -0.4 is 4.90 Å². The number of benzene rings is 2. The second-order valence-electron chi connectivity index (χ2n) is 8.87. The normalized spacial score (nSPS) is 21.7. The fraction of sp³-hybridized carbons (Fsp3) is 0.360. The first-order chi connectivity index (χ1) is 17.1. The highest BCUT2D eigenvalue weighted by molar-refractivity contribution is 7.99. The summed E-state index contributed by atoms with van der Waals surface area (Å²) in [5, 5.41) is 11.2. The molecule has 0 radical (unpaired) electrons. The van der Waals surface area contributed by atoms with E-state index < -0.39 is 18.1 Å². The largest absolute Gasteiger partial charge is 0.417 e. The SMILES string of the molecule is C=CC(=O)N1CCN(C2=NC(O)N3CCSc4c(-c5ccccc5C(F)(F)F)c(Cl)cc2c43)[C@@H](C)C1. The van der Waals surface area contributed by atoms with Crippen molar-refractivity contribution in [2.75, 3.05) is 36.8 Å². The van der Waals surface area contributed by atoms with Crippen molar-refractivity contribution in [2.45, 2.75) is 30.4 Å². The summed E-state index contributed by atoms with van der Waals surface area (Å²) < 4.78 is 41.7. The van der Waals surface area contributed by atoms with Crippen LogP contribution in [0.1, 0.15) is 18.1 Å². The maximum atomic E-state index is 13.9. The molecule has 1 N–H and O–H groups in total. The van der Waals surface area contributed by atoms with Crippen LogP contribution in [0.15, 0.2) is 52.9 Å². The molecule has 1 unspecified atom stereocenters. The zero-order valence-electron chi connectivity index (χ0n) is 19.4. The van der Waals surface area contributed by atoms with Gasteiger partial charge in [-0.05, 0) is 30.7 Å². The zero-order valence-corrected chi connectivity index (χ0v) is 21.0. The van der Waals surface area contributed by atoms with Gasteiger partial charge in [-0.3, -0.25) is 4.79 Å². The van der Waals surface area contributed by atoms with Crippen molar-refractivity contribution in [1.29, 1.82) is 0 Å². The number of piperazine rings is 1. The van der Waals surface area contributed by atoms with Crippen molar-refractivity contribution in [1.82, 2.24) is 9.80 Å². The molecule has 1 fully saturated rings. The van der Waals surface area contributed by atoms with Crippen LogP contribution in [0, 0.1) is 0 Å². The molecule has 190 valence electrons. The van der Waals surface area contributed by atoms with Gasteiger partial charge in [-0.15, -0.1) is 11.8 Å². The molecule has 11 heteroatoms. The molecule has 2 aromatic rings. The number of aliphatic imine (C=N–C) groups is 1. The smallest absolute Gasteiger partial charge is 0.355 e. The highest BCUT2D eigenvalue weighted by Gasteiger charge is 2.40. The molecular formula is C25H24ClF3N4O2S. The number of nitrogens with zero attached hydrogens (tertiary/aromatic N) is 4. The molecular weight excluding hydrogens is 513 g/mol. The Kier molecular flexibility index (Phi) is 6.46. The summed E-state index contributed by atoms with van der Waals surface area (Å²) in [4.78, 5) is 22.7. The van der Waals surface area contributed by atoms with Gasteiger partial charge in [0.1, 0.15) is 5.84 Å². The molecule has 1 amide bonds. The molecule has 3 aliphatic rings. The van der Waals surface area contributed by atoms with Crippen LogP contribution in [0.5, 0.6) is 0 Å². The molecule has 0 saturated carbocycles. The number of alkyl halides is 3. The summed E-state index contributed by atoms with van der Waals surface area (Å²) >= 11 is 8.16. The highest BCUT2D eigenvalue weighted by Crippen LogP contribution is 2.51. The molecule has 3 heterocycles. The Balaban J connectivity index is 1.64. The van der Waals surface area contributed by atoms with Gasteiger partial charge >= 0.3 is 6.18 Å². The van der Waals surface area contributed by atoms with Gasteiger partial charge < -0.3 is 19.8 Å². The summed E-state index contributed by atoms with van der Waals surface area (Å²) in [5.74, 6) is 0.935. The quantitative estimate of drug-likeness (QED) is 0.564. The molecule has 0 aromatic heterocycles. The number of carbonyl (C=O) groups is 1. The summed E-state index contributed by atoms with van der Waals surface area (Å²) in [6, 6.07) is 6.94. The van der Waals surface area contributed by atoms with Crippen LogP contribution >= 0.6 is 23.4 Å². The second kappa shape index (κ2) is 9.32. The van der Waals surface area contributed by atoms with Gasteiger partial charge in [0, 0.05) is 54.0 Å². The Hall–Kier alpha value is -2.69. The van der Waals surface area contributed by atoms with Crippen LogP contribution in [-0.2, 0) is 11.0 Å². The van der Waals surface area contributed by atoms with E-state index >= 15 is 0 Å². The lowest BCUT2D eigenvalue weighted by atomic mass is 9.95. The van der Waals surface area contributed by atoms with E-state index in [1.54, 1.807) is 21.9 Å². The van der Waals surface area contributed by atoms with Gasteiger partial charge in [0.2, 0.25) is 12.3 Å². The van der Waals surface area contributed by atoms with Gasteiger partial charge in [0.15, 0.2) is 0 Å². The Morgan fingerprint density at radius 1 is 1.22 bits per heavy atom. The predicted molar refractivity (Wildman–Crippen MR) is 135 cm³/mol. The van der Waals surface area contributed by atoms with Gasteiger partial charge in [-0.1, -0.05) is 36.4 Å². The molecule has 36 heavy (non-hydrogen) atoms. The number of aliphatic hydroxyl groups is 1. The third kappa shape index (κ3) is 4.14. The summed E-state index contributed by atoms with van der Waals surface area (Å²) in [7, 11) is 0. The monoisotopic (exact) mass is 536 g/mol. The molecule has 0 aliphatic carbocycles. The number of anilines is 1. The summed E-state index contributed by atoms with van der Waals surface area (Å²) in [6.07, 6.45) is -4.45. The second-order valence-corrected chi connectivity index (χ2v) is 10.4. The molecule has 0 spiro atoms. The molecule has 1 saturated heterocycles. The zero-order chi connectivity index (χ0) is 25.8. The minimum absolute atomic E-state index is 0.00521. The van der Waals surface area contributed by atoms with Crippen molar-refractivity contribution in [2.24, 2.45) is 4.99 Å². The number of aliphatic hydroxyl groups excluding tert-OH is 1. The maximum absolute atomic E-state index is 13.9. The lowest BCUT2D eigenvalue weighted by Crippen LogP contribution is -2.57. The number of amides is 1. The van der Waals surface area contributed by atoms with Gasteiger partial charge in [0.25, 0.3) is 0 Å². The number of thioether (sulfide) groups is 1. The van der Waals surface area contributed by atoms with Crippen LogP contribution in [0.3, 0.4) is 0 Å². The van der Waals surface area contributed by atoms with E-state index in [0.29, 0.717) is 59.5 Å². The Labute approximate surface area is 216 Å². The maximum Gasteiger partial charge on any atom is 0.417 e. The highest BCUT2D eigenvalue weighted by atomic mass is 35.5. The first-order valence-electron chi connectivity index (χ1n) is 11.5. The number of hydrogen-bond acceptors (Lipinski definition) is 6. The fourth-order valence-electron chi connectivity index (χ4n) is 5.08. The number of rotatable bonds is 2. The minimum Gasteiger partial charge on any atom is -0.355 e. The predicted octanol–water partition coefficient (Wildman–Crippen LogP) is 4.69. The average molecular weight is 537 g/mol. The van der Waals surface area contributed by atoms with Crippen molar-refractivity contribution < 1.29 is 23.1 Å². The van der Waals surface area contributed by atoms with Crippen LogP contribution in [0.4, 0.5) is 18.9 Å². The summed E-state index contributed by atoms with van der Waals surface area (Å²) in [6.45, 7) is 7.38. The Morgan fingerprint density at radius 3 is 2.67 bits per heavy atom. The van der Waals surface area contributed by atoms with Gasteiger partial charge in [-0.2, -0.15) is 13.2 Å². The molecule has 2 atom stereocenters. The van der Waals surface area contributed by atoms with E-state index in [0.717, 1.165) is 6.07 Å². The number of hydrogen-bond donors (Lipinski definition) is 1. The average Bonchev–Trinajstić information content (AvgIpc) is 2.85. The van der Waals surface area contributed by atoms with Crippen molar-refractivity contribution in [3.63, 3.8) is 0 Å².